The maximum atomic E-state index is 6.09. The van der Waals surface area contributed by atoms with Gasteiger partial charge in [-0.3, -0.25) is 0 Å². The van der Waals surface area contributed by atoms with Crippen molar-refractivity contribution in [2.45, 2.75) is 58.8 Å². The lowest BCUT2D eigenvalue weighted by atomic mass is 9.66. The number of methoxy groups -OCH3 is 1. The molecule has 1 saturated heterocycles. The molecule has 0 aromatic rings. The fraction of sp³-hybridized carbons (Fsp3) is 1.00. The molecule has 1 unspecified atom stereocenters. The van der Waals surface area contributed by atoms with Gasteiger partial charge < -0.3 is 9.47 Å². The lowest BCUT2D eigenvalue weighted by Gasteiger charge is -2.40. The Balaban J connectivity index is 2.13. The number of fused-ring (bicyclic) bond motifs is 1. The summed E-state index contributed by atoms with van der Waals surface area (Å²) in [5.74, 6) is 1.13. The zero-order valence-electron chi connectivity index (χ0n) is 10.7. The zero-order chi connectivity index (χ0) is 11.3. The summed E-state index contributed by atoms with van der Waals surface area (Å²) in [5, 5.41) is 0. The van der Waals surface area contributed by atoms with E-state index in [0.717, 1.165) is 12.3 Å². The highest BCUT2D eigenvalue weighted by Gasteiger charge is 2.50. The predicted molar refractivity (Wildman–Crippen MR) is 60.6 cm³/mol. The smallest absolute Gasteiger partial charge is 0.165 e. The SMILES string of the molecule is COC1(C)C[C@H]2[C@@H](C)CC(C)(C)C[C@H]2O1. The summed E-state index contributed by atoms with van der Waals surface area (Å²) in [5.41, 5.74) is 0.430. The molecule has 2 nitrogen and oxygen atoms in total. The molecule has 2 rings (SSSR count). The molecule has 0 N–H and O–H groups in total. The van der Waals surface area contributed by atoms with Crippen LogP contribution in [0, 0.1) is 17.3 Å². The molecule has 0 aromatic heterocycles. The molecule has 1 aliphatic heterocycles. The van der Waals surface area contributed by atoms with Gasteiger partial charge in [0, 0.05) is 13.5 Å². The van der Waals surface area contributed by atoms with Crippen molar-refractivity contribution in [3.8, 4) is 0 Å². The fourth-order valence-electron chi connectivity index (χ4n) is 3.56. The van der Waals surface area contributed by atoms with E-state index in [2.05, 4.69) is 27.7 Å². The van der Waals surface area contributed by atoms with Crippen LogP contribution in [-0.4, -0.2) is 19.0 Å². The van der Waals surface area contributed by atoms with Crippen LogP contribution in [0.5, 0.6) is 0 Å². The second-order valence-electron chi connectivity index (χ2n) is 6.41. The van der Waals surface area contributed by atoms with E-state index < -0.39 is 0 Å². The number of ether oxygens (including phenoxy) is 2. The number of rotatable bonds is 1. The number of hydrogen-bond donors (Lipinski definition) is 0. The monoisotopic (exact) mass is 212 g/mol. The van der Waals surface area contributed by atoms with Crippen LogP contribution in [0.25, 0.3) is 0 Å². The Kier molecular flexibility index (Phi) is 2.63. The molecule has 0 aromatic carbocycles. The van der Waals surface area contributed by atoms with Crippen molar-refractivity contribution in [3.05, 3.63) is 0 Å². The molecule has 1 saturated carbocycles. The molecule has 88 valence electrons. The van der Waals surface area contributed by atoms with E-state index in [9.17, 15) is 0 Å². The molecular formula is C13H24O2. The summed E-state index contributed by atoms with van der Waals surface area (Å²) in [6, 6.07) is 0. The Hall–Kier alpha value is -0.0800. The normalized spacial score (nSPS) is 49.0. The van der Waals surface area contributed by atoms with Gasteiger partial charge in [0.25, 0.3) is 0 Å². The van der Waals surface area contributed by atoms with Crippen molar-refractivity contribution in [3.63, 3.8) is 0 Å². The van der Waals surface area contributed by atoms with Crippen molar-refractivity contribution in [1.82, 2.24) is 0 Å². The molecule has 0 bridgehead atoms. The van der Waals surface area contributed by atoms with Crippen molar-refractivity contribution in [1.29, 1.82) is 0 Å². The molecule has 0 spiro atoms. The minimum Gasteiger partial charge on any atom is -0.353 e. The second kappa shape index (κ2) is 3.46. The molecule has 1 heterocycles. The third-order valence-corrected chi connectivity index (χ3v) is 4.28. The zero-order valence-corrected chi connectivity index (χ0v) is 10.7. The summed E-state index contributed by atoms with van der Waals surface area (Å²) in [4.78, 5) is 0. The maximum absolute atomic E-state index is 6.09. The fourth-order valence-corrected chi connectivity index (χ4v) is 3.56. The average molecular weight is 212 g/mol. The van der Waals surface area contributed by atoms with Gasteiger partial charge in [0.05, 0.1) is 6.10 Å². The molecule has 15 heavy (non-hydrogen) atoms. The Labute approximate surface area is 93.3 Å². The third kappa shape index (κ3) is 2.07. The van der Waals surface area contributed by atoms with Crippen LogP contribution in [0.4, 0.5) is 0 Å². The van der Waals surface area contributed by atoms with E-state index in [1.807, 2.05) is 0 Å². The minimum absolute atomic E-state index is 0.329. The van der Waals surface area contributed by atoms with Gasteiger partial charge in [0.15, 0.2) is 5.79 Å². The van der Waals surface area contributed by atoms with E-state index in [-0.39, 0.29) is 5.79 Å². The lowest BCUT2D eigenvalue weighted by molar-refractivity contribution is -0.205. The van der Waals surface area contributed by atoms with E-state index in [0.29, 0.717) is 17.4 Å². The standard InChI is InChI=1S/C13H24O2/c1-9-6-12(2,3)8-11-10(9)7-13(4,14-5)15-11/h9-11H,6-8H2,1-5H3/t9-,10-,11+,13?/m0/s1. The van der Waals surface area contributed by atoms with Gasteiger partial charge >= 0.3 is 0 Å². The molecule has 0 radical (unpaired) electrons. The van der Waals surface area contributed by atoms with E-state index in [1.54, 1.807) is 7.11 Å². The first-order valence-corrected chi connectivity index (χ1v) is 6.08. The summed E-state index contributed by atoms with van der Waals surface area (Å²) in [6.07, 6.45) is 3.97. The molecule has 1 aliphatic carbocycles. The van der Waals surface area contributed by atoms with Crippen molar-refractivity contribution in [2.75, 3.05) is 7.11 Å². The summed E-state index contributed by atoms with van der Waals surface area (Å²) in [7, 11) is 1.76. The van der Waals surface area contributed by atoms with Crippen LogP contribution in [0.1, 0.15) is 47.0 Å². The van der Waals surface area contributed by atoms with Crippen molar-refractivity contribution < 1.29 is 9.47 Å². The van der Waals surface area contributed by atoms with Gasteiger partial charge in [-0.05, 0) is 37.0 Å². The molecule has 0 amide bonds. The highest BCUT2D eigenvalue weighted by Crippen LogP contribution is 2.51. The topological polar surface area (TPSA) is 18.5 Å². The van der Waals surface area contributed by atoms with Crippen molar-refractivity contribution in [2.24, 2.45) is 17.3 Å². The largest absolute Gasteiger partial charge is 0.353 e. The van der Waals surface area contributed by atoms with Gasteiger partial charge in [-0.1, -0.05) is 20.8 Å². The highest BCUT2D eigenvalue weighted by atomic mass is 16.7. The van der Waals surface area contributed by atoms with Gasteiger partial charge in [0.2, 0.25) is 0 Å². The summed E-state index contributed by atoms with van der Waals surface area (Å²) < 4.78 is 11.6. The van der Waals surface area contributed by atoms with Crippen LogP contribution >= 0.6 is 0 Å². The third-order valence-electron chi connectivity index (χ3n) is 4.28. The summed E-state index contributed by atoms with van der Waals surface area (Å²) >= 11 is 0. The first kappa shape index (κ1) is 11.4. The molecule has 4 atom stereocenters. The van der Waals surface area contributed by atoms with Crippen LogP contribution in [-0.2, 0) is 9.47 Å². The van der Waals surface area contributed by atoms with Gasteiger partial charge in [0.1, 0.15) is 0 Å². The summed E-state index contributed by atoms with van der Waals surface area (Å²) in [6.45, 7) is 9.14. The highest BCUT2D eigenvalue weighted by molar-refractivity contribution is 4.96. The van der Waals surface area contributed by atoms with Gasteiger partial charge in [-0.2, -0.15) is 0 Å². The average Bonchev–Trinajstić information content (AvgIpc) is 2.41. The van der Waals surface area contributed by atoms with Gasteiger partial charge in [-0.25, -0.2) is 0 Å². The molecular weight excluding hydrogens is 188 g/mol. The predicted octanol–water partition coefficient (Wildman–Crippen LogP) is 3.21. The Morgan fingerprint density at radius 1 is 1.13 bits per heavy atom. The minimum atomic E-state index is -0.329. The van der Waals surface area contributed by atoms with Crippen LogP contribution < -0.4 is 0 Å². The maximum Gasteiger partial charge on any atom is 0.165 e. The molecule has 2 aliphatic rings. The quantitative estimate of drug-likeness (QED) is 0.664. The Morgan fingerprint density at radius 2 is 1.80 bits per heavy atom. The first-order valence-electron chi connectivity index (χ1n) is 6.08. The van der Waals surface area contributed by atoms with Gasteiger partial charge in [-0.15, -0.1) is 0 Å². The lowest BCUT2D eigenvalue weighted by Crippen LogP contribution is -2.36. The van der Waals surface area contributed by atoms with Crippen LogP contribution in [0.2, 0.25) is 0 Å². The molecule has 2 fully saturated rings. The van der Waals surface area contributed by atoms with Crippen LogP contribution in [0.15, 0.2) is 0 Å². The van der Waals surface area contributed by atoms with E-state index in [1.165, 1.54) is 12.8 Å². The Bertz CT molecular complexity index is 249. The number of hydrogen-bond acceptors (Lipinski definition) is 2. The van der Waals surface area contributed by atoms with E-state index >= 15 is 0 Å². The first-order chi connectivity index (χ1) is 6.85. The van der Waals surface area contributed by atoms with Crippen molar-refractivity contribution >= 4 is 0 Å². The molecule has 2 heteroatoms. The Morgan fingerprint density at radius 3 is 2.40 bits per heavy atom. The van der Waals surface area contributed by atoms with Crippen LogP contribution in [0.3, 0.4) is 0 Å². The second-order valence-corrected chi connectivity index (χ2v) is 6.41. The van der Waals surface area contributed by atoms with E-state index in [4.69, 9.17) is 9.47 Å².